The van der Waals surface area contributed by atoms with Gasteiger partial charge in [-0.3, -0.25) is 0 Å². The van der Waals surface area contributed by atoms with Crippen molar-refractivity contribution in [3.63, 3.8) is 0 Å². The van der Waals surface area contributed by atoms with Crippen LogP contribution in [0, 0.1) is 0 Å². The van der Waals surface area contributed by atoms with Crippen LogP contribution in [0.15, 0.2) is 40.5 Å². The molecule has 0 radical (unpaired) electrons. The lowest BCUT2D eigenvalue weighted by molar-refractivity contribution is 0.590. The van der Waals surface area contributed by atoms with Crippen LogP contribution in [0.3, 0.4) is 0 Å². The Labute approximate surface area is 136 Å². The van der Waals surface area contributed by atoms with Gasteiger partial charge in [0.05, 0.1) is 0 Å². The summed E-state index contributed by atoms with van der Waals surface area (Å²) in [5.41, 5.74) is 2.56. The molecule has 0 spiro atoms. The van der Waals surface area contributed by atoms with Crippen molar-refractivity contribution in [2.45, 2.75) is 55.9 Å². The van der Waals surface area contributed by atoms with Gasteiger partial charge in [-0.15, -0.1) is 0 Å². The number of rotatable bonds is 4. The van der Waals surface area contributed by atoms with Crippen molar-refractivity contribution in [1.82, 2.24) is 9.97 Å². The van der Waals surface area contributed by atoms with Crippen molar-refractivity contribution in [1.29, 1.82) is 0 Å². The van der Waals surface area contributed by atoms with Crippen LogP contribution in [-0.4, -0.2) is 9.97 Å². The molecule has 0 bridgehead atoms. The number of hydrogen-bond acceptors (Lipinski definition) is 3. The standard InChI is InChI=1S/C17H21ClN2S/c1-5-6-14-15(18)19-11-20-16(14)21-13-9-7-12(8-10-13)17(2,3)4/h7-11H,5-6H2,1-4H3. The Kier molecular flexibility index (Phi) is 5.28. The van der Waals surface area contributed by atoms with E-state index in [0.717, 1.165) is 23.4 Å². The highest BCUT2D eigenvalue weighted by Gasteiger charge is 2.14. The van der Waals surface area contributed by atoms with Gasteiger partial charge in [0.2, 0.25) is 0 Å². The van der Waals surface area contributed by atoms with Crippen molar-refractivity contribution in [3.8, 4) is 0 Å². The predicted octanol–water partition coefficient (Wildman–Crippen LogP) is 5.53. The van der Waals surface area contributed by atoms with E-state index in [1.54, 1.807) is 11.8 Å². The van der Waals surface area contributed by atoms with Gasteiger partial charge in [0.15, 0.2) is 0 Å². The fraction of sp³-hybridized carbons (Fsp3) is 0.412. The van der Waals surface area contributed by atoms with Gasteiger partial charge in [0.1, 0.15) is 16.5 Å². The molecule has 0 atom stereocenters. The van der Waals surface area contributed by atoms with E-state index in [0.29, 0.717) is 5.15 Å². The van der Waals surface area contributed by atoms with Gasteiger partial charge in [0, 0.05) is 10.5 Å². The SMILES string of the molecule is CCCc1c(Cl)ncnc1Sc1ccc(C(C)(C)C)cc1. The molecule has 2 nitrogen and oxygen atoms in total. The topological polar surface area (TPSA) is 25.8 Å². The molecule has 2 rings (SSSR count). The van der Waals surface area contributed by atoms with Crippen molar-refractivity contribution in [2.75, 3.05) is 0 Å². The summed E-state index contributed by atoms with van der Waals surface area (Å²) < 4.78 is 0. The second-order valence-electron chi connectivity index (χ2n) is 6.07. The first kappa shape index (κ1) is 16.3. The maximum atomic E-state index is 6.20. The second-order valence-corrected chi connectivity index (χ2v) is 7.49. The minimum atomic E-state index is 0.175. The lowest BCUT2D eigenvalue weighted by atomic mass is 9.87. The molecule has 0 fully saturated rings. The molecular formula is C17H21ClN2S. The van der Waals surface area contributed by atoms with E-state index < -0.39 is 0 Å². The van der Waals surface area contributed by atoms with Gasteiger partial charge >= 0.3 is 0 Å². The predicted molar refractivity (Wildman–Crippen MR) is 90.3 cm³/mol. The molecular weight excluding hydrogens is 300 g/mol. The van der Waals surface area contributed by atoms with Crippen LogP contribution < -0.4 is 0 Å². The van der Waals surface area contributed by atoms with Crippen molar-refractivity contribution < 1.29 is 0 Å². The summed E-state index contributed by atoms with van der Waals surface area (Å²) >= 11 is 7.85. The Morgan fingerprint density at radius 1 is 1.10 bits per heavy atom. The van der Waals surface area contributed by atoms with Crippen LogP contribution in [0.25, 0.3) is 0 Å². The summed E-state index contributed by atoms with van der Waals surface area (Å²) in [5, 5.41) is 1.53. The molecule has 4 heteroatoms. The van der Waals surface area contributed by atoms with Crippen LogP contribution in [-0.2, 0) is 11.8 Å². The van der Waals surface area contributed by atoms with Gasteiger partial charge in [-0.05, 0) is 29.5 Å². The molecule has 1 heterocycles. The van der Waals surface area contributed by atoms with Gasteiger partial charge in [-0.25, -0.2) is 9.97 Å². The van der Waals surface area contributed by atoms with Crippen LogP contribution in [0.5, 0.6) is 0 Å². The third-order valence-electron chi connectivity index (χ3n) is 3.29. The highest BCUT2D eigenvalue weighted by molar-refractivity contribution is 7.99. The highest BCUT2D eigenvalue weighted by Crippen LogP contribution is 2.33. The molecule has 0 N–H and O–H groups in total. The van der Waals surface area contributed by atoms with Crippen LogP contribution in [0.1, 0.15) is 45.2 Å². The molecule has 0 aliphatic carbocycles. The van der Waals surface area contributed by atoms with Gasteiger partial charge < -0.3 is 0 Å². The number of aromatic nitrogens is 2. The van der Waals surface area contributed by atoms with E-state index in [1.807, 2.05) is 0 Å². The lowest BCUT2D eigenvalue weighted by Gasteiger charge is -2.19. The molecule has 112 valence electrons. The van der Waals surface area contributed by atoms with Gasteiger partial charge in [0.25, 0.3) is 0 Å². The number of nitrogens with zero attached hydrogens (tertiary/aromatic N) is 2. The van der Waals surface area contributed by atoms with Gasteiger partial charge in [-0.1, -0.05) is 69.6 Å². The van der Waals surface area contributed by atoms with Crippen LogP contribution >= 0.6 is 23.4 Å². The zero-order chi connectivity index (χ0) is 15.5. The molecule has 0 amide bonds. The molecule has 0 unspecified atom stereocenters. The van der Waals surface area contributed by atoms with Crippen molar-refractivity contribution in [3.05, 3.63) is 46.9 Å². The van der Waals surface area contributed by atoms with E-state index in [2.05, 4.69) is 61.9 Å². The number of hydrogen-bond donors (Lipinski definition) is 0. The monoisotopic (exact) mass is 320 g/mol. The van der Waals surface area contributed by atoms with E-state index >= 15 is 0 Å². The fourth-order valence-corrected chi connectivity index (χ4v) is 3.26. The van der Waals surface area contributed by atoms with Crippen molar-refractivity contribution >= 4 is 23.4 Å². The summed E-state index contributed by atoms with van der Waals surface area (Å²) in [6, 6.07) is 8.67. The third-order valence-corrected chi connectivity index (χ3v) is 4.67. The van der Waals surface area contributed by atoms with Crippen LogP contribution in [0.4, 0.5) is 0 Å². The summed E-state index contributed by atoms with van der Waals surface area (Å²) in [7, 11) is 0. The Hall–Kier alpha value is -1.06. The lowest BCUT2D eigenvalue weighted by Crippen LogP contribution is -2.10. The maximum Gasteiger partial charge on any atom is 0.136 e. The Morgan fingerprint density at radius 3 is 2.33 bits per heavy atom. The van der Waals surface area contributed by atoms with Crippen LogP contribution in [0.2, 0.25) is 5.15 Å². The third kappa shape index (κ3) is 4.21. The van der Waals surface area contributed by atoms with Gasteiger partial charge in [-0.2, -0.15) is 0 Å². The molecule has 0 saturated carbocycles. The fourth-order valence-electron chi connectivity index (χ4n) is 2.06. The zero-order valence-electron chi connectivity index (χ0n) is 13.0. The summed E-state index contributed by atoms with van der Waals surface area (Å²) in [5.74, 6) is 0. The zero-order valence-corrected chi connectivity index (χ0v) is 14.6. The number of benzene rings is 1. The molecule has 1 aromatic carbocycles. The Bertz CT molecular complexity index is 603. The molecule has 21 heavy (non-hydrogen) atoms. The maximum absolute atomic E-state index is 6.20. The first-order valence-electron chi connectivity index (χ1n) is 7.19. The minimum absolute atomic E-state index is 0.175. The smallest absolute Gasteiger partial charge is 0.136 e. The molecule has 1 aromatic heterocycles. The summed E-state index contributed by atoms with van der Waals surface area (Å²) in [4.78, 5) is 9.66. The first-order chi connectivity index (χ1) is 9.91. The molecule has 0 aliphatic heterocycles. The van der Waals surface area contributed by atoms with Crippen molar-refractivity contribution in [2.24, 2.45) is 0 Å². The highest BCUT2D eigenvalue weighted by atomic mass is 35.5. The van der Waals surface area contributed by atoms with E-state index in [9.17, 15) is 0 Å². The van der Waals surface area contributed by atoms with E-state index in [1.165, 1.54) is 16.8 Å². The minimum Gasteiger partial charge on any atom is -0.229 e. The van der Waals surface area contributed by atoms with E-state index in [4.69, 9.17) is 11.6 Å². The molecule has 0 aliphatic rings. The Balaban J connectivity index is 2.24. The normalized spacial score (nSPS) is 11.7. The summed E-state index contributed by atoms with van der Waals surface area (Å²) in [6.07, 6.45) is 3.47. The second kappa shape index (κ2) is 6.80. The average molecular weight is 321 g/mol. The Morgan fingerprint density at radius 2 is 1.76 bits per heavy atom. The average Bonchev–Trinajstić information content (AvgIpc) is 2.42. The first-order valence-corrected chi connectivity index (χ1v) is 8.39. The quantitative estimate of drug-likeness (QED) is 0.692. The number of halogens is 1. The molecule has 2 aromatic rings. The molecule has 0 saturated heterocycles. The largest absolute Gasteiger partial charge is 0.229 e. The van der Waals surface area contributed by atoms with E-state index in [-0.39, 0.29) is 5.41 Å². The summed E-state index contributed by atoms with van der Waals surface area (Å²) in [6.45, 7) is 8.80.